The molecular weight excluding hydrogens is 486 g/mol. The summed E-state index contributed by atoms with van der Waals surface area (Å²) in [5, 5.41) is 13.9. The van der Waals surface area contributed by atoms with Crippen LogP contribution in [0.1, 0.15) is 67.2 Å². The van der Waals surface area contributed by atoms with Gasteiger partial charge in [0.05, 0.1) is 28.1 Å². The van der Waals surface area contributed by atoms with E-state index in [0.717, 1.165) is 25.7 Å². The van der Waals surface area contributed by atoms with Crippen molar-refractivity contribution in [2.75, 3.05) is 18.5 Å². The normalized spacial score (nSPS) is 17.2. The number of nitrogens with zero attached hydrogens (tertiary/aromatic N) is 4. The van der Waals surface area contributed by atoms with E-state index in [4.69, 9.17) is 0 Å². The van der Waals surface area contributed by atoms with E-state index in [1.165, 1.54) is 9.80 Å². The van der Waals surface area contributed by atoms with Gasteiger partial charge in [0.15, 0.2) is 5.71 Å². The average molecular weight is 512 g/mol. The molecule has 1 aromatic carbocycles. The lowest BCUT2D eigenvalue weighted by Gasteiger charge is -2.30. The number of imide groups is 1. The third-order valence-electron chi connectivity index (χ3n) is 5.72. The molecule has 0 unspecified atom stereocenters. The Balaban J connectivity index is 1.94. The van der Waals surface area contributed by atoms with Crippen molar-refractivity contribution in [2.45, 2.75) is 46.5 Å². The number of carbonyl (C=O) groups is 3. The number of amides is 3. The van der Waals surface area contributed by atoms with Crippen LogP contribution in [0.15, 0.2) is 45.1 Å². The van der Waals surface area contributed by atoms with Gasteiger partial charge in [-0.1, -0.05) is 33.3 Å². The van der Waals surface area contributed by atoms with Gasteiger partial charge in [0.2, 0.25) is 0 Å². The zero-order valence-corrected chi connectivity index (χ0v) is 20.6. The molecule has 0 fully saturated rings. The molecule has 3 rings (SSSR count). The molecule has 9 heteroatoms. The van der Waals surface area contributed by atoms with Gasteiger partial charge >= 0.3 is 0 Å². The molecule has 0 atom stereocenters. The first kappa shape index (κ1) is 24.4. The molecule has 33 heavy (non-hydrogen) atoms. The van der Waals surface area contributed by atoms with Crippen LogP contribution < -0.4 is 5.43 Å². The maximum Gasteiger partial charge on any atom is 0.279 e. The van der Waals surface area contributed by atoms with Gasteiger partial charge in [0, 0.05) is 23.1 Å². The molecule has 2 aliphatic heterocycles. The van der Waals surface area contributed by atoms with Crippen molar-refractivity contribution in [3.8, 4) is 6.07 Å². The van der Waals surface area contributed by atoms with Crippen molar-refractivity contribution in [1.82, 2.24) is 9.80 Å². The fourth-order valence-electron chi connectivity index (χ4n) is 3.74. The molecule has 172 valence electrons. The molecule has 1 N–H and O–H groups in total. The molecule has 0 saturated carbocycles. The van der Waals surface area contributed by atoms with Crippen LogP contribution in [-0.4, -0.2) is 46.3 Å². The number of fused-ring (bicyclic) bond motifs is 1. The summed E-state index contributed by atoms with van der Waals surface area (Å²) < 4.78 is 0.529. The summed E-state index contributed by atoms with van der Waals surface area (Å²) in [7, 11) is 0. The van der Waals surface area contributed by atoms with Crippen molar-refractivity contribution in [3.05, 3.63) is 51.2 Å². The number of halogens is 1. The zero-order chi connectivity index (χ0) is 24.3. The monoisotopic (exact) mass is 511 g/mol. The van der Waals surface area contributed by atoms with E-state index in [2.05, 4.69) is 39.1 Å². The number of nitrogens with one attached hydrogen (secondary N) is 1. The fraction of sp³-hybridized carbons (Fsp3) is 0.375. The van der Waals surface area contributed by atoms with Gasteiger partial charge in [0.1, 0.15) is 6.07 Å². The standard InChI is InChI=1S/C24H26BrN5O3/c1-5-7-9-29-15(4)18(13-26)14(3)21(24(29)33)28-27-20-12-17-16(11-19(20)25)22(31)30(23(17)32)10-8-6-2/h11-12,27H,4-10H2,1-3H3. The number of unbranched alkanes of at least 4 members (excludes halogenated alkanes) is 2. The highest BCUT2D eigenvalue weighted by Crippen LogP contribution is 2.33. The Morgan fingerprint density at radius 3 is 2.18 bits per heavy atom. The Morgan fingerprint density at radius 1 is 1.03 bits per heavy atom. The van der Waals surface area contributed by atoms with Crippen LogP contribution in [0.2, 0.25) is 0 Å². The van der Waals surface area contributed by atoms with Gasteiger partial charge in [-0.05, 0) is 47.8 Å². The molecule has 0 spiro atoms. The second kappa shape index (κ2) is 10.1. The molecule has 0 aliphatic carbocycles. The van der Waals surface area contributed by atoms with Gasteiger partial charge in [0.25, 0.3) is 17.7 Å². The van der Waals surface area contributed by atoms with Crippen LogP contribution in [0.3, 0.4) is 0 Å². The summed E-state index contributed by atoms with van der Waals surface area (Å²) in [6, 6.07) is 5.26. The number of hydrogen-bond donors (Lipinski definition) is 1. The Kier molecular flexibility index (Phi) is 7.49. The highest BCUT2D eigenvalue weighted by molar-refractivity contribution is 9.10. The van der Waals surface area contributed by atoms with E-state index in [-0.39, 0.29) is 23.4 Å². The SMILES string of the molecule is C=C1C(C#N)=C(C)C(=NNc2cc3c(cc2Br)C(=O)N(CCCC)C3=O)C(=O)N1CCCC. The summed E-state index contributed by atoms with van der Waals surface area (Å²) in [6.07, 6.45) is 3.26. The number of rotatable bonds is 8. The molecule has 0 saturated heterocycles. The third-order valence-corrected chi connectivity index (χ3v) is 6.38. The molecule has 0 bridgehead atoms. The van der Waals surface area contributed by atoms with E-state index >= 15 is 0 Å². The highest BCUT2D eigenvalue weighted by atomic mass is 79.9. The minimum atomic E-state index is -0.342. The van der Waals surface area contributed by atoms with E-state index < -0.39 is 0 Å². The van der Waals surface area contributed by atoms with Crippen molar-refractivity contribution >= 4 is 45.1 Å². The van der Waals surface area contributed by atoms with Crippen LogP contribution in [-0.2, 0) is 4.79 Å². The van der Waals surface area contributed by atoms with E-state index in [9.17, 15) is 19.6 Å². The first-order valence-corrected chi connectivity index (χ1v) is 11.7. The molecule has 2 aliphatic rings. The third kappa shape index (κ3) is 4.48. The largest absolute Gasteiger partial charge is 0.306 e. The number of hydrogen-bond acceptors (Lipinski definition) is 6. The Bertz CT molecular complexity index is 1150. The lowest BCUT2D eigenvalue weighted by Crippen LogP contribution is -2.41. The molecule has 0 radical (unpaired) electrons. The van der Waals surface area contributed by atoms with Crippen LogP contribution in [0.4, 0.5) is 5.69 Å². The maximum absolute atomic E-state index is 13.1. The van der Waals surface area contributed by atoms with Gasteiger partial charge in [-0.3, -0.25) is 24.7 Å². The summed E-state index contributed by atoms with van der Waals surface area (Å²) in [6.45, 7) is 10.4. The summed E-state index contributed by atoms with van der Waals surface area (Å²) in [5.74, 6) is -0.996. The minimum absolute atomic E-state index is 0.106. The van der Waals surface area contributed by atoms with Gasteiger partial charge in [-0.2, -0.15) is 10.4 Å². The lowest BCUT2D eigenvalue weighted by molar-refractivity contribution is -0.122. The number of nitriles is 1. The number of hydrazone groups is 1. The second-order valence-corrected chi connectivity index (χ2v) is 8.79. The molecule has 8 nitrogen and oxygen atoms in total. The molecule has 0 aromatic heterocycles. The first-order valence-electron chi connectivity index (χ1n) is 10.9. The minimum Gasteiger partial charge on any atom is -0.306 e. The van der Waals surface area contributed by atoms with Crippen LogP contribution in [0, 0.1) is 11.3 Å². The van der Waals surface area contributed by atoms with E-state index in [0.29, 0.717) is 51.2 Å². The number of allylic oxidation sites excluding steroid dienone is 1. The number of benzene rings is 1. The topological polar surface area (TPSA) is 106 Å². The summed E-state index contributed by atoms with van der Waals surface area (Å²) >= 11 is 3.42. The maximum atomic E-state index is 13.1. The number of anilines is 1. The van der Waals surface area contributed by atoms with Crippen LogP contribution >= 0.6 is 15.9 Å². The first-order chi connectivity index (χ1) is 15.8. The molecule has 3 amide bonds. The van der Waals surface area contributed by atoms with E-state index in [1.54, 1.807) is 19.1 Å². The Morgan fingerprint density at radius 2 is 1.61 bits per heavy atom. The molecule has 2 heterocycles. The van der Waals surface area contributed by atoms with Crippen LogP contribution in [0.25, 0.3) is 0 Å². The number of carbonyl (C=O) groups excluding carboxylic acids is 3. The van der Waals surface area contributed by atoms with Gasteiger partial charge in [-0.15, -0.1) is 0 Å². The van der Waals surface area contributed by atoms with Gasteiger partial charge < -0.3 is 4.90 Å². The predicted molar refractivity (Wildman–Crippen MR) is 130 cm³/mol. The van der Waals surface area contributed by atoms with Crippen LogP contribution in [0.5, 0.6) is 0 Å². The molecule has 1 aromatic rings. The summed E-state index contributed by atoms with van der Waals surface area (Å²) in [4.78, 5) is 41.2. The quantitative estimate of drug-likeness (QED) is 0.405. The van der Waals surface area contributed by atoms with Crippen molar-refractivity contribution in [3.63, 3.8) is 0 Å². The van der Waals surface area contributed by atoms with Crippen molar-refractivity contribution in [1.29, 1.82) is 5.26 Å². The fourth-order valence-corrected chi connectivity index (χ4v) is 4.18. The highest BCUT2D eigenvalue weighted by Gasteiger charge is 2.36. The second-order valence-electron chi connectivity index (χ2n) is 7.93. The van der Waals surface area contributed by atoms with E-state index in [1.807, 2.05) is 13.8 Å². The lowest BCUT2D eigenvalue weighted by atomic mass is 9.97. The predicted octanol–water partition coefficient (Wildman–Crippen LogP) is 4.61. The van der Waals surface area contributed by atoms with Gasteiger partial charge in [-0.25, -0.2) is 0 Å². The molecular formula is C24H26BrN5O3. The van der Waals surface area contributed by atoms with Crippen molar-refractivity contribution < 1.29 is 14.4 Å². The Hall–Kier alpha value is -3.25. The zero-order valence-electron chi connectivity index (χ0n) is 19.0. The van der Waals surface area contributed by atoms with Crippen molar-refractivity contribution in [2.24, 2.45) is 5.10 Å². The smallest absolute Gasteiger partial charge is 0.279 e. The Labute approximate surface area is 201 Å². The summed E-state index contributed by atoms with van der Waals surface area (Å²) in [5.41, 5.74) is 5.13. The average Bonchev–Trinajstić information content (AvgIpc) is 3.01.